The molecule has 0 bridgehead atoms. The van der Waals surface area contributed by atoms with Gasteiger partial charge < -0.3 is 5.11 Å². The van der Waals surface area contributed by atoms with Gasteiger partial charge in [-0.25, -0.2) is 0 Å². The summed E-state index contributed by atoms with van der Waals surface area (Å²) in [5.41, 5.74) is 6.36. The predicted molar refractivity (Wildman–Crippen MR) is 135 cm³/mol. The second-order valence-electron chi connectivity index (χ2n) is 12.1. The highest BCUT2D eigenvalue weighted by atomic mass is 16.7. The molecule has 0 saturated heterocycles. The lowest BCUT2D eigenvalue weighted by Crippen LogP contribution is -2.48. The zero-order valence-corrected chi connectivity index (χ0v) is 22.1. The van der Waals surface area contributed by atoms with Crippen molar-refractivity contribution < 1.29 is 14.7 Å². The van der Waals surface area contributed by atoms with Gasteiger partial charge in [-0.3, -0.25) is 20.1 Å². The number of ketones is 1. The monoisotopic (exact) mass is 452 g/mol. The standard InChI is InChI=1S/C28H40N2O3/c1-17(31)20-15-19(30-33-28(10,11)27(8,9)32)16-29-23(20)18-12-13-21-22(14-18)25(4,5)26(6,7)24(21,2)3/h12-16,30,32H,1-11H3. The molecular formula is C28H40N2O3. The molecule has 1 aromatic heterocycles. The summed E-state index contributed by atoms with van der Waals surface area (Å²) in [5.74, 6) is -0.0664. The first-order valence-corrected chi connectivity index (χ1v) is 11.7. The molecule has 0 unspecified atom stereocenters. The van der Waals surface area contributed by atoms with Crippen molar-refractivity contribution in [3.63, 3.8) is 0 Å². The van der Waals surface area contributed by atoms with Gasteiger partial charge in [0.15, 0.2) is 5.78 Å². The molecule has 3 rings (SSSR count). The summed E-state index contributed by atoms with van der Waals surface area (Å²) in [5, 5.41) is 10.3. The summed E-state index contributed by atoms with van der Waals surface area (Å²) in [6, 6.07) is 8.25. The topological polar surface area (TPSA) is 71.5 Å². The fraction of sp³-hybridized carbons (Fsp3) is 0.571. The van der Waals surface area contributed by atoms with Gasteiger partial charge in [0.2, 0.25) is 0 Å². The molecule has 1 aliphatic rings. The van der Waals surface area contributed by atoms with Crippen LogP contribution in [0.2, 0.25) is 0 Å². The van der Waals surface area contributed by atoms with Gasteiger partial charge >= 0.3 is 0 Å². The molecule has 1 heterocycles. The van der Waals surface area contributed by atoms with Crippen LogP contribution in [0.25, 0.3) is 11.3 Å². The summed E-state index contributed by atoms with van der Waals surface area (Å²) < 4.78 is 0. The van der Waals surface area contributed by atoms with Crippen molar-refractivity contribution in [2.45, 2.75) is 98.2 Å². The van der Waals surface area contributed by atoms with Crippen molar-refractivity contribution in [1.82, 2.24) is 4.98 Å². The van der Waals surface area contributed by atoms with E-state index in [1.807, 2.05) is 0 Å². The summed E-state index contributed by atoms with van der Waals surface area (Å²) in [6.07, 6.45) is 1.66. The third-order valence-corrected chi connectivity index (χ3v) is 8.93. The third kappa shape index (κ3) is 3.89. The normalized spacial score (nSPS) is 18.7. The number of nitrogens with one attached hydrogen (secondary N) is 1. The predicted octanol–water partition coefficient (Wildman–Crippen LogP) is 6.44. The quantitative estimate of drug-likeness (QED) is 0.390. The van der Waals surface area contributed by atoms with E-state index in [4.69, 9.17) is 4.84 Å². The van der Waals surface area contributed by atoms with Gasteiger partial charge in [-0.2, -0.15) is 0 Å². The van der Waals surface area contributed by atoms with Crippen LogP contribution in [0.1, 0.15) is 97.6 Å². The first-order chi connectivity index (χ1) is 14.8. The molecule has 0 amide bonds. The van der Waals surface area contributed by atoms with Crippen LogP contribution in [-0.2, 0) is 15.7 Å². The second-order valence-corrected chi connectivity index (χ2v) is 12.1. The van der Waals surface area contributed by atoms with Crippen LogP contribution in [0.5, 0.6) is 0 Å². The Labute approximate surface area is 198 Å². The SMILES string of the molecule is CC(=O)c1cc(NOC(C)(C)C(C)(C)O)cnc1-c1ccc2c(c1)C(C)(C)C(C)(C)C2(C)C. The number of pyridine rings is 1. The lowest BCUT2D eigenvalue weighted by molar-refractivity contribution is -0.130. The van der Waals surface area contributed by atoms with E-state index >= 15 is 0 Å². The van der Waals surface area contributed by atoms with E-state index in [0.29, 0.717) is 16.9 Å². The summed E-state index contributed by atoms with van der Waals surface area (Å²) in [6.45, 7) is 22.4. The fourth-order valence-electron chi connectivity index (χ4n) is 4.54. The first kappa shape index (κ1) is 25.4. The molecule has 0 saturated carbocycles. The molecular weight excluding hydrogens is 412 g/mol. The van der Waals surface area contributed by atoms with E-state index in [-0.39, 0.29) is 22.0 Å². The Hall–Kier alpha value is -2.24. The Morgan fingerprint density at radius 1 is 0.970 bits per heavy atom. The van der Waals surface area contributed by atoms with Crippen LogP contribution in [0.3, 0.4) is 0 Å². The molecule has 0 aliphatic heterocycles. The number of aliphatic hydroxyl groups is 1. The van der Waals surface area contributed by atoms with E-state index in [1.54, 1.807) is 46.9 Å². The number of hydrogen-bond acceptors (Lipinski definition) is 5. The highest BCUT2D eigenvalue weighted by Gasteiger charge is 2.56. The molecule has 0 radical (unpaired) electrons. The number of rotatable bonds is 6. The van der Waals surface area contributed by atoms with Crippen LogP contribution in [-0.4, -0.2) is 27.1 Å². The molecule has 1 aromatic carbocycles. The van der Waals surface area contributed by atoms with Crippen LogP contribution in [0.4, 0.5) is 5.69 Å². The lowest BCUT2D eigenvalue weighted by atomic mass is 9.59. The highest BCUT2D eigenvalue weighted by Crippen LogP contribution is 2.61. The summed E-state index contributed by atoms with van der Waals surface area (Å²) in [7, 11) is 0. The summed E-state index contributed by atoms with van der Waals surface area (Å²) >= 11 is 0. The van der Waals surface area contributed by atoms with Gasteiger partial charge in [-0.15, -0.1) is 0 Å². The maximum absolute atomic E-state index is 12.6. The molecule has 1 aliphatic carbocycles. The van der Waals surface area contributed by atoms with E-state index in [2.05, 4.69) is 70.2 Å². The van der Waals surface area contributed by atoms with Gasteiger partial charge in [0, 0.05) is 11.1 Å². The van der Waals surface area contributed by atoms with Crippen molar-refractivity contribution in [3.8, 4) is 11.3 Å². The van der Waals surface area contributed by atoms with Crippen LogP contribution >= 0.6 is 0 Å². The minimum absolute atomic E-state index is 0.0274. The Bertz CT molecular complexity index is 1090. The van der Waals surface area contributed by atoms with Crippen molar-refractivity contribution in [3.05, 3.63) is 47.2 Å². The molecule has 5 heteroatoms. The minimum atomic E-state index is -1.06. The molecule has 0 spiro atoms. The van der Waals surface area contributed by atoms with Gasteiger partial charge in [0.25, 0.3) is 0 Å². The number of aromatic nitrogens is 1. The van der Waals surface area contributed by atoms with Gasteiger partial charge in [-0.05, 0) is 74.1 Å². The largest absolute Gasteiger partial charge is 0.387 e. The Balaban J connectivity index is 2.03. The van der Waals surface area contributed by atoms with Crippen molar-refractivity contribution in [2.24, 2.45) is 5.41 Å². The zero-order chi connectivity index (χ0) is 25.2. The lowest BCUT2D eigenvalue weighted by Gasteiger charge is -2.44. The molecule has 5 nitrogen and oxygen atoms in total. The van der Waals surface area contributed by atoms with Crippen molar-refractivity contribution in [2.75, 3.05) is 5.48 Å². The van der Waals surface area contributed by atoms with Crippen molar-refractivity contribution in [1.29, 1.82) is 0 Å². The maximum Gasteiger partial charge on any atom is 0.162 e. The Morgan fingerprint density at radius 3 is 2.09 bits per heavy atom. The average molecular weight is 453 g/mol. The molecule has 180 valence electrons. The number of hydrogen-bond donors (Lipinski definition) is 2. The molecule has 0 fully saturated rings. The number of nitrogens with zero attached hydrogens (tertiary/aromatic N) is 1. The molecule has 33 heavy (non-hydrogen) atoms. The van der Waals surface area contributed by atoms with E-state index in [1.165, 1.54) is 11.1 Å². The van der Waals surface area contributed by atoms with Crippen LogP contribution < -0.4 is 5.48 Å². The second kappa shape index (κ2) is 7.64. The van der Waals surface area contributed by atoms with E-state index < -0.39 is 11.2 Å². The number of anilines is 1. The van der Waals surface area contributed by atoms with Gasteiger partial charge in [0.1, 0.15) is 5.60 Å². The number of carbonyl (C=O) groups is 1. The van der Waals surface area contributed by atoms with Gasteiger partial charge in [-0.1, -0.05) is 53.7 Å². The number of Topliss-reactive ketones (excluding diaryl/α,β-unsaturated/α-hetero) is 1. The summed E-state index contributed by atoms with van der Waals surface area (Å²) in [4.78, 5) is 23.0. The zero-order valence-electron chi connectivity index (χ0n) is 22.1. The minimum Gasteiger partial charge on any atom is -0.387 e. The van der Waals surface area contributed by atoms with Gasteiger partial charge in [0.05, 0.1) is 23.2 Å². The number of fused-ring (bicyclic) bond motifs is 1. The number of carbonyl (C=O) groups excluding carboxylic acids is 1. The maximum atomic E-state index is 12.6. The smallest absolute Gasteiger partial charge is 0.162 e. The van der Waals surface area contributed by atoms with Crippen LogP contribution in [0, 0.1) is 5.41 Å². The third-order valence-electron chi connectivity index (χ3n) is 8.93. The molecule has 0 atom stereocenters. The highest BCUT2D eigenvalue weighted by molar-refractivity contribution is 6.00. The number of benzene rings is 1. The Morgan fingerprint density at radius 2 is 1.55 bits per heavy atom. The van der Waals surface area contributed by atoms with Crippen molar-refractivity contribution >= 4 is 11.5 Å². The first-order valence-electron chi connectivity index (χ1n) is 11.7. The molecule has 2 aromatic rings. The van der Waals surface area contributed by atoms with Crippen LogP contribution in [0.15, 0.2) is 30.5 Å². The van der Waals surface area contributed by atoms with E-state index in [0.717, 1.165) is 5.56 Å². The fourth-order valence-corrected chi connectivity index (χ4v) is 4.54. The average Bonchev–Trinajstić information content (AvgIpc) is 2.80. The molecule has 2 N–H and O–H groups in total. The Kier molecular flexibility index (Phi) is 5.88. The van der Waals surface area contributed by atoms with E-state index in [9.17, 15) is 9.90 Å².